The summed E-state index contributed by atoms with van der Waals surface area (Å²) in [6.07, 6.45) is 2.37. The van der Waals surface area contributed by atoms with Gasteiger partial charge in [-0.15, -0.1) is 0 Å². The minimum atomic E-state index is -0.0823. The number of aryl methyl sites for hydroxylation is 1. The number of carbonyl (C=O) groups excluding carboxylic acids is 2. The summed E-state index contributed by atoms with van der Waals surface area (Å²) in [5.74, 6) is -0.0793. The summed E-state index contributed by atoms with van der Waals surface area (Å²) in [6.45, 7) is 4.15. The molecule has 2 aromatic carbocycles. The maximum atomic E-state index is 13.0. The van der Waals surface area contributed by atoms with Crippen LogP contribution >= 0.6 is 0 Å². The van der Waals surface area contributed by atoms with Crippen LogP contribution in [0, 0.1) is 13.8 Å². The van der Waals surface area contributed by atoms with E-state index in [9.17, 15) is 9.59 Å². The maximum Gasteiger partial charge on any atom is 0.259 e. The largest absolute Gasteiger partial charge is 0.345 e. The van der Waals surface area contributed by atoms with Gasteiger partial charge in [0.25, 0.3) is 5.91 Å². The molecule has 2 heterocycles. The van der Waals surface area contributed by atoms with Gasteiger partial charge in [0.15, 0.2) is 5.78 Å². The Bertz CT molecular complexity index is 1080. The minimum Gasteiger partial charge on any atom is -0.345 e. The summed E-state index contributed by atoms with van der Waals surface area (Å²) >= 11 is 0. The third-order valence-corrected chi connectivity index (χ3v) is 5.65. The van der Waals surface area contributed by atoms with Gasteiger partial charge in [0.2, 0.25) is 0 Å². The molecule has 0 unspecified atom stereocenters. The number of benzene rings is 2. The normalized spacial score (nSPS) is 15.9. The van der Waals surface area contributed by atoms with Crippen molar-refractivity contribution in [2.75, 3.05) is 11.4 Å². The van der Waals surface area contributed by atoms with Gasteiger partial charge < -0.3 is 4.57 Å². The quantitative estimate of drug-likeness (QED) is 0.657. The molecule has 1 aliphatic heterocycles. The molecule has 1 saturated carbocycles. The Hall–Kier alpha value is -2.88. The van der Waals surface area contributed by atoms with E-state index >= 15 is 0 Å². The van der Waals surface area contributed by atoms with E-state index in [4.69, 9.17) is 0 Å². The van der Waals surface area contributed by atoms with Gasteiger partial charge in [-0.2, -0.15) is 0 Å². The number of amides is 1. The molecule has 4 heteroatoms. The number of carbonyl (C=O) groups is 2. The van der Waals surface area contributed by atoms with E-state index in [1.54, 1.807) is 4.90 Å². The number of hydrogen-bond donors (Lipinski definition) is 0. The molecule has 1 fully saturated rings. The maximum absolute atomic E-state index is 13.0. The lowest BCUT2D eigenvalue weighted by molar-refractivity contribution is 0.0941. The van der Waals surface area contributed by atoms with Gasteiger partial charge in [0.05, 0.1) is 12.2 Å². The molecule has 4 nitrogen and oxygen atoms in total. The van der Waals surface area contributed by atoms with Crippen molar-refractivity contribution >= 4 is 28.2 Å². The van der Waals surface area contributed by atoms with Gasteiger partial charge >= 0.3 is 0 Å². The molecule has 26 heavy (non-hydrogen) atoms. The zero-order chi connectivity index (χ0) is 18.0. The molecule has 0 N–H and O–H groups in total. The molecule has 0 radical (unpaired) electrons. The van der Waals surface area contributed by atoms with E-state index in [0.717, 1.165) is 33.4 Å². The Balaban J connectivity index is 1.51. The van der Waals surface area contributed by atoms with Crippen molar-refractivity contribution in [2.45, 2.75) is 32.7 Å². The molecule has 0 spiro atoms. The number of aromatic nitrogens is 1. The fourth-order valence-electron chi connectivity index (χ4n) is 4.32. The van der Waals surface area contributed by atoms with Crippen molar-refractivity contribution in [2.24, 2.45) is 0 Å². The zero-order valence-electron chi connectivity index (χ0n) is 15.0. The first-order valence-electron chi connectivity index (χ1n) is 9.11. The lowest BCUT2D eigenvalue weighted by atomic mass is 10.1. The zero-order valence-corrected chi connectivity index (χ0v) is 15.0. The number of nitrogens with zero attached hydrogens (tertiary/aromatic N) is 2. The van der Waals surface area contributed by atoms with Crippen LogP contribution in [0.4, 0.5) is 5.69 Å². The molecule has 1 amide bonds. The van der Waals surface area contributed by atoms with Crippen molar-refractivity contribution in [1.82, 2.24) is 4.57 Å². The second-order valence-corrected chi connectivity index (χ2v) is 7.38. The summed E-state index contributed by atoms with van der Waals surface area (Å²) in [5, 5.41) is 1.99. The number of hydrogen-bond acceptors (Lipinski definition) is 2. The van der Waals surface area contributed by atoms with Gasteiger partial charge in [0.1, 0.15) is 0 Å². The van der Waals surface area contributed by atoms with Crippen LogP contribution in [-0.2, 0) is 0 Å². The second kappa shape index (κ2) is 5.31. The molecule has 5 rings (SSSR count). The Morgan fingerprint density at radius 1 is 1.12 bits per heavy atom. The number of Topliss-reactive ketones (excluding diaryl/α,β-unsaturated/α-hetero) is 1. The highest BCUT2D eigenvalue weighted by Gasteiger charge is 2.33. The van der Waals surface area contributed by atoms with Crippen molar-refractivity contribution in [3.8, 4) is 0 Å². The number of anilines is 1. The summed E-state index contributed by atoms with van der Waals surface area (Å²) in [7, 11) is 0. The van der Waals surface area contributed by atoms with Crippen molar-refractivity contribution in [3.63, 3.8) is 0 Å². The summed E-state index contributed by atoms with van der Waals surface area (Å²) < 4.78 is 2.27. The smallest absolute Gasteiger partial charge is 0.259 e. The molecule has 3 aromatic rings. The number of rotatable bonds is 4. The number of ketones is 1. The first kappa shape index (κ1) is 15.4. The predicted octanol–water partition coefficient (Wildman–Crippen LogP) is 4.44. The van der Waals surface area contributed by atoms with E-state index in [2.05, 4.69) is 11.5 Å². The van der Waals surface area contributed by atoms with Crippen LogP contribution in [0.3, 0.4) is 0 Å². The first-order chi connectivity index (χ1) is 12.6. The molecule has 2 aliphatic rings. The highest BCUT2D eigenvalue weighted by atomic mass is 16.2. The molecule has 0 bridgehead atoms. The van der Waals surface area contributed by atoms with Crippen LogP contribution in [0.15, 0.2) is 42.5 Å². The van der Waals surface area contributed by atoms with Gasteiger partial charge in [0, 0.05) is 33.9 Å². The van der Waals surface area contributed by atoms with E-state index in [0.29, 0.717) is 11.6 Å². The molecule has 0 atom stereocenters. The summed E-state index contributed by atoms with van der Waals surface area (Å²) in [5.41, 5.74) is 4.43. The Morgan fingerprint density at radius 2 is 1.85 bits per heavy atom. The summed E-state index contributed by atoms with van der Waals surface area (Å²) in [4.78, 5) is 27.6. The Morgan fingerprint density at radius 3 is 2.58 bits per heavy atom. The average Bonchev–Trinajstić information content (AvgIpc) is 3.37. The van der Waals surface area contributed by atoms with Crippen molar-refractivity contribution < 1.29 is 9.59 Å². The lowest BCUT2D eigenvalue weighted by Gasteiger charge is -2.17. The Labute approximate surface area is 152 Å². The fourth-order valence-corrected chi connectivity index (χ4v) is 4.32. The fraction of sp³-hybridized carbons (Fsp3) is 0.273. The van der Waals surface area contributed by atoms with Crippen LogP contribution < -0.4 is 4.90 Å². The van der Waals surface area contributed by atoms with E-state index < -0.39 is 0 Å². The predicted molar refractivity (Wildman–Crippen MR) is 102 cm³/mol. The Kier molecular flexibility index (Phi) is 3.14. The molecular weight excluding hydrogens is 324 g/mol. The molecular formula is C22H20N2O2. The van der Waals surface area contributed by atoms with E-state index in [1.165, 1.54) is 12.8 Å². The van der Waals surface area contributed by atoms with Crippen LogP contribution in [0.2, 0.25) is 0 Å². The van der Waals surface area contributed by atoms with E-state index in [-0.39, 0.29) is 18.2 Å². The van der Waals surface area contributed by atoms with Gasteiger partial charge in [-0.3, -0.25) is 14.5 Å². The van der Waals surface area contributed by atoms with Crippen LogP contribution in [0.1, 0.15) is 51.0 Å². The molecule has 130 valence electrons. The van der Waals surface area contributed by atoms with Crippen LogP contribution in [0.25, 0.3) is 10.8 Å². The lowest BCUT2D eigenvalue weighted by Crippen LogP contribution is -2.32. The standard InChI is InChI=1S/C22H20N2O2/c1-13-11-18(14(2)24(13)16-9-10-16)20(25)12-23-19-8-4-6-15-5-3-7-17(21(15)19)22(23)26/h3-8,11,16H,9-10,12H2,1-2H3. The molecule has 0 saturated heterocycles. The van der Waals surface area contributed by atoms with Crippen LogP contribution in [0.5, 0.6) is 0 Å². The third-order valence-electron chi connectivity index (χ3n) is 5.65. The monoisotopic (exact) mass is 344 g/mol. The molecule has 1 aromatic heterocycles. The topological polar surface area (TPSA) is 42.3 Å². The van der Waals surface area contributed by atoms with Crippen molar-refractivity contribution in [3.05, 3.63) is 65.0 Å². The highest BCUT2D eigenvalue weighted by molar-refractivity contribution is 6.26. The molecule has 1 aliphatic carbocycles. The SMILES string of the molecule is Cc1cc(C(=O)CN2C(=O)c3cccc4cccc2c34)c(C)n1C1CC1. The van der Waals surface area contributed by atoms with Crippen molar-refractivity contribution in [1.29, 1.82) is 0 Å². The van der Waals surface area contributed by atoms with E-state index in [1.807, 2.05) is 49.4 Å². The van der Waals surface area contributed by atoms with Crippen LogP contribution in [-0.4, -0.2) is 22.8 Å². The van der Waals surface area contributed by atoms with Gasteiger partial charge in [-0.25, -0.2) is 0 Å². The van der Waals surface area contributed by atoms with Gasteiger partial charge in [-0.1, -0.05) is 24.3 Å². The second-order valence-electron chi connectivity index (χ2n) is 7.38. The average molecular weight is 344 g/mol. The minimum absolute atomic E-state index is 0.00293. The first-order valence-corrected chi connectivity index (χ1v) is 9.11. The van der Waals surface area contributed by atoms with Gasteiger partial charge in [-0.05, 0) is 50.3 Å². The highest BCUT2D eigenvalue weighted by Crippen LogP contribution is 2.39. The third kappa shape index (κ3) is 2.08. The summed E-state index contributed by atoms with van der Waals surface area (Å²) in [6, 6.07) is 14.1.